The normalized spacial score (nSPS) is 11.9. The van der Waals surface area contributed by atoms with Gasteiger partial charge in [-0.3, -0.25) is 0 Å². The van der Waals surface area contributed by atoms with E-state index >= 15 is 0 Å². The monoisotopic (exact) mass is 250 g/mol. The van der Waals surface area contributed by atoms with Crippen molar-refractivity contribution in [3.63, 3.8) is 0 Å². The van der Waals surface area contributed by atoms with Crippen molar-refractivity contribution in [2.24, 2.45) is 0 Å². The number of methoxy groups -OCH3 is 1. The number of hydrogen-bond donors (Lipinski definition) is 0. The summed E-state index contributed by atoms with van der Waals surface area (Å²) < 4.78 is 18.2. The van der Waals surface area contributed by atoms with Crippen molar-refractivity contribution in [3.05, 3.63) is 29.6 Å². The highest BCUT2D eigenvalue weighted by molar-refractivity contribution is 5.60. The molecule has 1 atom stereocenters. The summed E-state index contributed by atoms with van der Waals surface area (Å²) in [7, 11) is 1.64. The molecule has 0 aliphatic rings. The van der Waals surface area contributed by atoms with Gasteiger partial charge in [0.1, 0.15) is 11.9 Å². The second kappa shape index (κ2) is 6.97. The lowest BCUT2D eigenvalue weighted by Gasteiger charge is -2.31. The van der Waals surface area contributed by atoms with Crippen LogP contribution in [-0.2, 0) is 4.74 Å². The molecule has 0 radical (unpaired) electrons. The number of nitriles is 1. The van der Waals surface area contributed by atoms with Gasteiger partial charge >= 0.3 is 0 Å². The zero-order chi connectivity index (χ0) is 13.5. The first-order valence-electron chi connectivity index (χ1n) is 6.09. The lowest BCUT2D eigenvalue weighted by atomic mass is 10.1. The Morgan fingerprint density at radius 1 is 1.50 bits per heavy atom. The molecule has 0 aliphatic heterocycles. The van der Waals surface area contributed by atoms with Crippen LogP contribution in [0, 0.1) is 17.1 Å². The molecule has 98 valence electrons. The maximum atomic E-state index is 13.1. The minimum atomic E-state index is -0.383. The van der Waals surface area contributed by atoms with Crippen molar-refractivity contribution >= 4 is 5.69 Å². The lowest BCUT2D eigenvalue weighted by molar-refractivity contribution is 0.203. The SMILES string of the molecule is CCC(C)N(CCOC)c1ccc(F)cc1C#N. The number of anilines is 1. The molecule has 1 aromatic rings. The molecule has 1 unspecified atom stereocenters. The largest absolute Gasteiger partial charge is 0.383 e. The van der Waals surface area contributed by atoms with Crippen molar-refractivity contribution in [1.29, 1.82) is 5.26 Å². The Hall–Kier alpha value is -1.60. The summed E-state index contributed by atoms with van der Waals surface area (Å²) in [5.41, 5.74) is 1.14. The van der Waals surface area contributed by atoms with Gasteiger partial charge in [-0.1, -0.05) is 6.92 Å². The quantitative estimate of drug-likeness (QED) is 0.778. The third kappa shape index (κ3) is 3.44. The smallest absolute Gasteiger partial charge is 0.124 e. The van der Waals surface area contributed by atoms with E-state index < -0.39 is 0 Å². The molecule has 0 saturated carbocycles. The lowest BCUT2D eigenvalue weighted by Crippen LogP contribution is -2.36. The van der Waals surface area contributed by atoms with Gasteiger partial charge in [-0.2, -0.15) is 5.26 Å². The van der Waals surface area contributed by atoms with Crippen LogP contribution in [0.5, 0.6) is 0 Å². The number of rotatable bonds is 6. The van der Waals surface area contributed by atoms with Gasteiger partial charge < -0.3 is 9.64 Å². The molecule has 1 rings (SSSR count). The Balaban J connectivity index is 3.08. The Labute approximate surface area is 108 Å². The molecule has 0 bridgehead atoms. The molecule has 0 aromatic heterocycles. The zero-order valence-corrected chi connectivity index (χ0v) is 11.1. The number of hydrogen-bond acceptors (Lipinski definition) is 3. The number of halogens is 1. The topological polar surface area (TPSA) is 36.3 Å². The third-order valence-corrected chi connectivity index (χ3v) is 3.05. The van der Waals surface area contributed by atoms with E-state index in [1.165, 1.54) is 12.1 Å². The van der Waals surface area contributed by atoms with Crippen LogP contribution in [0.25, 0.3) is 0 Å². The molecular weight excluding hydrogens is 231 g/mol. The average molecular weight is 250 g/mol. The first kappa shape index (κ1) is 14.5. The van der Waals surface area contributed by atoms with E-state index in [0.29, 0.717) is 18.7 Å². The molecule has 1 aromatic carbocycles. The van der Waals surface area contributed by atoms with Gasteiger partial charge in [0, 0.05) is 19.7 Å². The molecule has 0 saturated heterocycles. The van der Waals surface area contributed by atoms with Crippen LogP contribution >= 0.6 is 0 Å². The van der Waals surface area contributed by atoms with E-state index in [1.807, 2.05) is 6.07 Å². The van der Waals surface area contributed by atoms with Crippen LogP contribution in [-0.4, -0.2) is 26.3 Å². The fourth-order valence-electron chi connectivity index (χ4n) is 1.84. The second-order valence-corrected chi connectivity index (χ2v) is 4.22. The van der Waals surface area contributed by atoms with Crippen molar-refractivity contribution < 1.29 is 9.13 Å². The van der Waals surface area contributed by atoms with Crippen LogP contribution in [0.4, 0.5) is 10.1 Å². The predicted octanol–water partition coefficient (Wildman–Crippen LogP) is 2.95. The predicted molar refractivity (Wildman–Crippen MR) is 70.1 cm³/mol. The molecule has 3 nitrogen and oxygen atoms in total. The molecule has 0 fully saturated rings. The second-order valence-electron chi connectivity index (χ2n) is 4.22. The van der Waals surface area contributed by atoms with Gasteiger partial charge in [0.25, 0.3) is 0 Å². The fraction of sp³-hybridized carbons (Fsp3) is 0.500. The highest BCUT2D eigenvalue weighted by atomic mass is 19.1. The summed E-state index contributed by atoms with van der Waals surface area (Å²) in [6.07, 6.45) is 0.950. The standard InChI is InChI=1S/C14H19FN2O/c1-4-11(2)17(7-8-18-3)14-6-5-13(15)9-12(14)10-16/h5-6,9,11H,4,7-8H2,1-3H3. The molecule has 0 amide bonds. The zero-order valence-electron chi connectivity index (χ0n) is 11.1. The van der Waals surface area contributed by atoms with Crippen LogP contribution in [0.15, 0.2) is 18.2 Å². The molecule has 0 N–H and O–H groups in total. The van der Waals surface area contributed by atoms with E-state index in [0.717, 1.165) is 12.1 Å². The minimum Gasteiger partial charge on any atom is -0.383 e. The van der Waals surface area contributed by atoms with Crippen molar-refractivity contribution in [1.82, 2.24) is 0 Å². The highest BCUT2D eigenvalue weighted by Crippen LogP contribution is 2.23. The Bertz CT molecular complexity index is 428. The first-order chi connectivity index (χ1) is 8.63. The Morgan fingerprint density at radius 2 is 2.22 bits per heavy atom. The summed E-state index contributed by atoms with van der Waals surface area (Å²) in [4.78, 5) is 2.08. The first-order valence-corrected chi connectivity index (χ1v) is 6.09. The van der Waals surface area contributed by atoms with E-state index in [9.17, 15) is 4.39 Å². The van der Waals surface area contributed by atoms with Gasteiger partial charge in [0.15, 0.2) is 0 Å². The number of ether oxygens (including phenoxy) is 1. The summed E-state index contributed by atoms with van der Waals surface area (Å²) in [5.74, 6) is -0.383. The summed E-state index contributed by atoms with van der Waals surface area (Å²) >= 11 is 0. The van der Waals surface area contributed by atoms with Crippen LogP contribution in [0.2, 0.25) is 0 Å². The highest BCUT2D eigenvalue weighted by Gasteiger charge is 2.16. The Kier molecular flexibility index (Phi) is 5.60. The van der Waals surface area contributed by atoms with Crippen LogP contribution in [0.3, 0.4) is 0 Å². The van der Waals surface area contributed by atoms with E-state index in [2.05, 4.69) is 18.7 Å². The number of nitrogens with zero attached hydrogens (tertiary/aromatic N) is 2. The van der Waals surface area contributed by atoms with Gasteiger partial charge in [0.05, 0.1) is 17.9 Å². The Morgan fingerprint density at radius 3 is 2.78 bits per heavy atom. The van der Waals surface area contributed by atoms with Crippen molar-refractivity contribution in [2.75, 3.05) is 25.2 Å². The molecule has 0 spiro atoms. The van der Waals surface area contributed by atoms with Crippen LogP contribution in [0.1, 0.15) is 25.8 Å². The van der Waals surface area contributed by atoms with Crippen molar-refractivity contribution in [2.45, 2.75) is 26.3 Å². The van der Waals surface area contributed by atoms with Crippen LogP contribution < -0.4 is 4.90 Å². The molecule has 0 aliphatic carbocycles. The number of benzene rings is 1. The van der Waals surface area contributed by atoms with E-state index in [4.69, 9.17) is 10.00 Å². The van der Waals surface area contributed by atoms with E-state index in [1.54, 1.807) is 13.2 Å². The van der Waals surface area contributed by atoms with Gasteiger partial charge in [-0.15, -0.1) is 0 Å². The minimum absolute atomic E-state index is 0.276. The van der Waals surface area contributed by atoms with E-state index in [-0.39, 0.29) is 11.9 Å². The van der Waals surface area contributed by atoms with Gasteiger partial charge in [-0.25, -0.2) is 4.39 Å². The third-order valence-electron chi connectivity index (χ3n) is 3.05. The maximum absolute atomic E-state index is 13.1. The molecule has 0 heterocycles. The summed E-state index contributed by atoms with van der Waals surface area (Å²) in [6, 6.07) is 6.65. The van der Waals surface area contributed by atoms with Gasteiger partial charge in [-0.05, 0) is 31.5 Å². The molecule has 4 heteroatoms. The summed E-state index contributed by atoms with van der Waals surface area (Å²) in [6.45, 7) is 5.43. The van der Waals surface area contributed by atoms with Gasteiger partial charge in [0.2, 0.25) is 0 Å². The molecular formula is C14H19FN2O. The van der Waals surface area contributed by atoms with Crippen molar-refractivity contribution in [3.8, 4) is 6.07 Å². The summed E-state index contributed by atoms with van der Waals surface area (Å²) in [5, 5.41) is 9.10. The maximum Gasteiger partial charge on any atom is 0.124 e. The fourth-order valence-corrected chi connectivity index (χ4v) is 1.84. The molecule has 18 heavy (non-hydrogen) atoms. The average Bonchev–Trinajstić information content (AvgIpc) is 2.39.